The van der Waals surface area contributed by atoms with Crippen LogP contribution in [0.15, 0.2) is 30.5 Å². The minimum atomic E-state index is -3.07. The first-order valence-corrected chi connectivity index (χ1v) is 9.93. The fraction of sp³-hybridized carbons (Fsp3) is 0.438. The fourth-order valence-electron chi connectivity index (χ4n) is 3.02. The van der Waals surface area contributed by atoms with Gasteiger partial charge in [-0.25, -0.2) is 12.7 Å². The molecule has 140 valence electrons. The van der Waals surface area contributed by atoms with Crippen LogP contribution in [0.5, 0.6) is 0 Å². The zero-order chi connectivity index (χ0) is 18.7. The van der Waals surface area contributed by atoms with E-state index in [0.717, 1.165) is 16.8 Å². The molecule has 0 bridgehead atoms. The number of aromatic nitrogens is 2. The quantitative estimate of drug-likeness (QED) is 0.438. The van der Waals surface area contributed by atoms with Crippen molar-refractivity contribution >= 4 is 15.7 Å². The monoisotopic (exact) mass is 379 g/mol. The van der Waals surface area contributed by atoms with Gasteiger partial charge >= 0.3 is 0 Å². The van der Waals surface area contributed by atoms with E-state index >= 15 is 0 Å². The molecule has 1 N–H and O–H groups in total. The lowest BCUT2D eigenvalue weighted by atomic mass is 10.1. The van der Waals surface area contributed by atoms with Gasteiger partial charge in [-0.15, -0.1) is 0 Å². The van der Waals surface area contributed by atoms with Crippen molar-refractivity contribution in [2.24, 2.45) is 7.05 Å². The second kappa shape index (κ2) is 7.52. The SMILES string of the molecule is Cn1cc(CNCCN2CCCS2(=O)=O)c(-c2ccc([N+](=O)[O-])cc2)n1. The Bertz CT molecular complexity index is 892. The molecule has 3 rings (SSSR count). The summed E-state index contributed by atoms with van der Waals surface area (Å²) in [5, 5.41) is 18.5. The van der Waals surface area contributed by atoms with Gasteiger partial charge in [-0.3, -0.25) is 14.8 Å². The third-order valence-electron chi connectivity index (χ3n) is 4.31. The van der Waals surface area contributed by atoms with Crippen LogP contribution in [0.25, 0.3) is 11.3 Å². The van der Waals surface area contributed by atoms with Gasteiger partial charge in [0.2, 0.25) is 10.0 Å². The minimum Gasteiger partial charge on any atom is -0.311 e. The molecule has 1 aliphatic rings. The van der Waals surface area contributed by atoms with Crippen molar-refractivity contribution in [3.63, 3.8) is 0 Å². The highest BCUT2D eigenvalue weighted by Crippen LogP contribution is 2.24. The van der Waals surface area contributed by atoms with Crippen molar-refractivity contribution < 1.29 is 13.3 Å². The maximum atomic E-state index is 11.8. The molecule has 2 aromatic rings. The number of nitrogens with zero attached hydrogens (tertiary/aromatic N) is 4. The van der Waals surface area contributed by atoms with Gasteiger partial charge < -0.3 is 5.32 Å². The highest BCUT2D eigenvalue weighted by molar-refractivity contribution is 7.89. The summed E-state index contributed by atoms with van der Waals surface area (Å²) in [4.78, 5) is 10.3. The van der Waals surface area contributed by atoms with Crippen LogP contribution < -0.4 is 5.32 Å². The molecule has 0 spiro atoms. The number of sulfonamides is 1. The second-order valence-electron chi connectivity index (χ2n) is 6.23. The molecule has 1 aromatic carbocycles. The van der Waals surface area contributed by atoms with Crippen LogP contribution in [-0.4, -0.2) is 52.8 Å². The first kappa shape index (κ1) is 18.5. The zero-order valence-electron chi connectivity index (χ0n) is 14.5. The van der Waals surface area contributed by atoms with Crippen LogP contribution in [0, 0.1) is 10.1 Å². The van der Waals surface area contributed by atoms with Crippen LogP contribution in [0.4, 0.5) is 5.69 Å². The lowest BCUT2D eigenvalue weighted by Crippen LogP contribution is -2.33. The Kier molecular flexibility index (Phi) is 5.35. The van der Waals surface area contributed by atoms with Gasteiger partial charge in [0.05, 0.1) is 16.4 Å². The normalized spacial score (nSPS) is 16.8. The Morgan fingerprint density at radius 3 is 2.65 bits per heavy atom. The topological polar surface area (TPSA) is 110 Å². The van der Waals surface area contributed by atoms with Crippen LogP contribution in [0.2, 0.25) is 0 Å². The van der Waals surface area contributed by atoms with E-state index < -0.39 is 14.9 Å². The van der Waals surface area contributed by atoms with Crippen LogP contribution in [0.1, 0.15) is 12.0 Å². The summed E-state index contributed by atoms with van der Waals surface area (Å²) in [6, 6.07) is 6.28. The summed E-state index contributed by atoms with van der Waals surface area (Å²) in [5.74, 6) is 0.236. The summed E-state index contributed by atoms with van der Waals surface area (Å²) in [6.07, 6.45) is 2.57. The number of rotatable bonds is 7. The molecular formula is C16H21N5O4S. The first-order chi connectivity index (χ1) is 12.4. The van der Waals surface area contributed by atoms with Gasteiger partial charge in [-0.2, -0.15) is 5.10 Å². The maximum absolute atomic E-state index is 11.8. The maximum Gasteiger partial charge on any atom is 0.269 e. The van der Waals surface area contributed by atoms with Gasteiger partial charge in [0.1, 0.15) is 0 Å². The number of hydrogen-bond donors (Lipinski definition) is 1. The number of non-ortho nitro benzene ring substituents is 1. The predicted molar refractivity (Wildman–Crippen MR) is 97.0 cm³/mol. The lowest BCUT2D eigenvalue weighted by molar-refractivity contribution is -0.384. The van der Waals surface area contributed by atoms with Gasteiger partial charge in [0.25, 0.3) is 5.69 Å². The van der Waals surface area contributed by atoms with E-state index in [-0.39, 0.29) is 11.4 Å². The number of benzene rings is 1. The van der Waals surface area contributed by atoms with Crippen LogP contribution in [0.3, 0.4) is 0 Å². The van der Waals surface area contributed by atoms with E-state index in [9.17, 15) is 18.5 Å². The van der Waals surface area contributed by atoms with Gasteiger partial charge in [-0.05, 0) is 18.6 Å². The predicted octanol–water partition coefficient (Wildman–Crippen LogP) is 1.12. The molecule has 1 fully saturated rings. The Balaban J connectivity index is 1.63. The molecule has 1 saturated heterocycles. The molecule has 0 radical (unpaired) electrons. The van der Waals surface area contributed by atoms with E-state index in [2.05, 4.69) is 10.4 Å². The number of nitro benzene ring substituents is 1. The van der Waals surface area contributed by atoms with Crippen molar-refractivity contribution in [1.82, 2.24) is 19.4 Å². The third-order valence-corrected chi connectivity index (χ3v) is 6.27. The molecule has 0 saturated carbocycles. The van der Waals surface area contributed by atoms with E-state index in [4.69, 9.17) is 0 Å². The van der Waals surface area contributed by atoms with Crippen LogP contribution in [-0.2, 0) is 23.6 Å². The van der Waals surface area contributed by atoms with Crippen molar-refractivity contribution in [1.29, 1.82) is 0 Å². The molecule has 0 atom stereocenters. The Labute approximate surface area is 151 Å². The summed E-state index contributed by atoms with van der Waals surface area (Å²) < 4.78 is 26.8. The molecular weight excluding hydrogens is 358 g/mol. The number of hydrogen-bond acceptors (Lipinski definition) is 6. The molecule has 10 heteroatoms. The molecule has 26 heavy (non-hydrogen) atoms. The second-order valence-corrected chi connectivity index (χ2v) is 8.31. The van der Waals surface area contributed by atoms with Crippen LogP contribution >= 0.6 is 0 Å². The molecule has 9 nitrogen and oxygen atoms in total. The standard InChI is InChI=1S/C16H21N5O4S/c1-19-12-14(11-17-7-9-20-8-2-10-26(20,24)25)16(18-19)13-3-5-15(6-4-13)21(22)23/h3-6,12,17H,2,7-11H2,1H3. The molecule has 0 unspecified atom stereocenters. The van der Waals surface area contributed by atoms with E-state index in [1.807, 2.05) is 13.2 Å². The summed E-state index contributed by atoms with van der Waals surface area (Å²) in [7, 11) is -1.25. The average molecular weight is 379 g/mol. The molecule has 0 amide bonds. The van der Waals surface area contributed by atoms with Crippen molar-refractivity contribution in [2.75, 3.05) is 25.4 Å². The number of nitro groups is 1. The number of nitrogens with one attached hydrogen (secondary N) is 1. The smallest absolute Gasteiger partial charge is 0.269 e. The van der Waals surface area contributed by atoms with E-state index in [0.29, 0.717) is 32.6 Å². The summed E-state index contributed by atoms with van der Waals surface area (Å²) in [6.45, 7) is 2.13. The van der Waals surface area contributed by atoms with E-state index in [1.54, 1.807) is 16.8 Å². The molecule has 1 aliphatic heterocycles. The summed E-state index contributed by atoms with van der Waals surface area (Å²) in [5.41, 5.74) is 2.54. The third kappa shape index (κ3) is 4.09. The molecule has 2 heterocycles. The zero-order valence-corrected chi connectivity index (χ0v) is 15.3. The summed E-state index contributed by atoms with van der Waals surface area (Å²) >= 11 is 0. The first-order valence-electron chi connectivity index (χ1n) is 8.33. The van der Waals surface area contributed by atoms with Crippen molar-refractivity contribution in [3.05, 3.63) is 46.1 Å². The van der Waals surface area contributed by atoms with Crippen molar-refractivity contribution in [3.8, 4) is 11.3 Å². The van der Waals surface area contributed by atoms with Gasteiger partial charge in [0.15, 0.2) is 0 Å². The number of aryl methyl sites for hydroxylation is 1. The molecule has 1 aromatic heterocycles. The lowest BCUT2D eigenvalue weighted by Gasteiger charge is -2.14. The Morgan fingerprint density at radius 1 is 1.31 bits per heavy atom. The fourth-order valence-corrected chi connectivity index (χ4v) is 4.55. The highest BCUT2D eigenvalue weighted by atomic mass is 32.2. The molecule has 0 aliphatic carbocycles. The van der Waals surface area contributed by atoms with Gasteiger partial charge in [-0.1, -0.05) is 0 Å². The Hall–Kier alpha value is -2.30. The van der Waals surface area contributed by atoms with E-state index in [1.165, 1.54) is 16.4 Å². The highest BCUT2D eigenvalue weighted by Gasteiger charge is 2.27. The van der Waals surface area contributed by atoms with Crippen molar-refractivity contribution in [2.45, 2.75) is 13.0 Å². The largest absolute Gasteiger partial charge is 0.311 e. The van der Waals surface area contributed by atoms with Gasteiger partial charge in [0, 0.05) is 62.7 Å². The minimum absolute atomic E-state index is 0.0381. The average Bonchev–Trinajstić information content (AvgIpc) is 3.13. The Morgan fingerprint density at radius 2 is 2.04 bits per heavy atom.